The lowest BCUT2D eigenvalue weighted by atomic mass is 10.2. The first-order valence-electron chi connectivity index (χ1n) is 5.96. The number of hydrogen-bond acceptors (Lipinski definition) is 4. The first-order valence-corrected chi connectivity index (χ1v) is 6.76. The lowest BCUT2D eigenvalue weighted by Crippen LogP contribution is -2.45. The minimum atomic E-state index is -1.36. The largest absolute Gasteiger partial charge is 0.480 e. The van der Waals surface area contributed by atoms with Gasteiger partial charge in [0.05, 0.1) is 17.8 Å². The molecule has 1 heterocycles. The number of carbonyl (C=O) groups excluding carboxylic acids is 1. The molecule has 0 bridgehead atoms. The quantitative estimate of drug-likeness (QED) is 0.666. The second-order valence-corrected chi connectivity index (χ2v) is 5.12. The van der Waals surface area contributed by atoms with E-state index in [2.05, 4.69) is 31.5 Å². The molecule has 0 saturated heterocycles. The van der Waals surface area contributed by atoms with Crippen molar-refractivity contribution in [3.8, 4) is 0 Å². The van der Waals surface area contributed by atoms with Crippen LogP contribution < -0.4 is 10.6 Å². The fourth-order valence-corrected chi connectivity index (χ4v) is 2.09. The van der Waals surface area contributed by atoms with Crippen LogP contribution in [0, 0.1) is 0 Å². The highest BCUT2D eigenvalue weighted by atomic mass is 79.9. The summed E-state index contributed by atoms with van der Waals surface area (Å²) in [7, 11) is 0. The molecule has 2 aromatic rings. The van der Waals surface area contributed by atoms with Crippen LogP contribution in [0.3, 0.4) is 0 Å². The van der Waals surface area contributed by atoms with E-state index >= 15 is 0 Å². The molecule has 0 fully saturated rings. The van der Waals surface area contributed by atoms with Crippen molar-refractivity contribution in [2.24, 2.45) is 0 Å². The zero-order valence-corrected chi connectivity index (χ0v) is 12.3. The first kappa shape index (κ1) is 15.2. The minimum Gasteiger partial charge on any atom is -0.480 e. The number of rotatable bonds is 4. The van der Waals surface area contributed by atoms with Gasteiger partial charge in [-0.25, -0.2) is 9.59 Å². The maximum atomic E-state index is 11.8. The summed E-state index contributed by atoms with van der Waals surface area (Å²) >= 11 is 3.31. The van der Waals surface area contributed by atoms with Crippen molar-refractivity contribution >= 4 is 44.5 Å². The Labute approximate surface area is 128 Å². The Balaban J connectivity index is 2.20. The van der Waals surface area contributed by atoms with E-state index in [-0.39, 0.29) is 0 Å². The second-order valence-electron chi connectivity index (χ2n) is 4.20. The first-order chi connectivity index (χ1) is 10.0. The fraction of sp³-hybridized carbons (Fsp3) is 0.154. The van der Waals surface area contributed by atoms with Crippen molar-refractivity contribution in [3.05, 3.63) is 34.9 Å². The molecular formula is C13H12BrN3O4. The molecule has 0 aliphatic rings. The van der Waals surface area contributed by atoms with E-state index in [9.17, 15) is 9.59 Å². The molecule has 1 aromatic heterocycles. The van der Waals surface area contributed by atoms with E-state index in [0.29, 0.717) is 11.2 Å². The lowest BCUT2D eigenvalue weighted by Gasteiger charge is -2.13. The summed E-state index contributed by atoms with van der Waals surface area (Å²) in [6.07, 6.45) is 1.60. The number of carboxylic acid groups (broad SMARTS) is 1. The molecule has 0 aliphatic carbocycles. The van der Waals surface area contributed by atoms with Crippen LogP contribution in [-0.4, -0.2) is 39.8 Å². The summed E-state index contributed by atoms with van der Waals surface area (Å²) < 4.78 is 0.808. The van der Waals surface area contributed by atoms with E-state index in [1.165, 1.54) is 0 Å². The van der Waals surface area contributed by atoms with Crippen molar-refractivity contribution in [3.63, 3.8) is 0 Å². The van der Waals surface area contributed by atoms with Crippen LogP contribution in [0.15, 0.2) is 34.9 Å². The van der Waals surface area contributed by atoms with Gasteiger partial charge in [-0.05, 0) is 28.1 Å². The third-order valence-electron chi connectivity index (χ3n) is 2.71. The van der Waals surface area contributed by atoms with E-state index in [0.717, 1.165) is 9.86 Å². The third kappa shape index (κ3) is 3.67. The number of fused-ring (bicyclic) bond motifs is 1. The molecule has 21 heavy (non-hydrogen) atoms. The van der Waals surface area contributed by atoms with Gasteiger partial charge in [-0.3, -0.25) is 4.98 Å². The van der Waals surface area contributed by atoms with Crippen molar-refractivity contribution < 1.29 is 19.8 Å². The number of nitrogens with one attached hydrogen (secondary N) is 2. The zero-order valence-electron chi connectivity index (χ0n) is 10.7. The summed E-state index contributed by atoms with van der Waals surface area (Å²) in [5.41, 5.74) is 1.02. The number of benzene rings is 1. The molecule has 0 aliphatic heterocycles. The van der Waals surface area contributed by atoms with Gasteiger partial charge in [0.1, 0.15) is 0 Å². The highest BCUT2D eigenvalue weighted by Crippen LogP contribution is 2.23. The van der Waals surface area contributed by atoms with Gasteiger partial charge in [0.25, 0.3) is 0 Å². The molecule has 2 amide bonds. The predicted molar refractivity (Wildman–Crippen MR) is 80.1 cm³/mol. The number of urea groups is 1. The van der Waals surface area contributed by atoms with Crippen molar-refractivity contribution in [1.82, 2.24) is 10.3 Å². The number of halogens is 1. The van der Waals surface area contributed by atoms with Gasteiger partial charge in [0.2, 0.25) is 0 Å². The Bertz CT molecular complexity index is 692. The summed E-state index contributed by atoms with van der Waals surface area (Å²) in [5.74, 6) is -1.31. The van der Waals surface area contributed by atoms with Gasteiger partial charge in [-0.2, -0.15) is 0 Å². The van der Waals surface area contributed by atoms with Crippen LogP contribution in [0.4, 0.5) is 10.5 Å². The number of anilines is 1. The normalized spacial score (nSPS) is 11.9. The number of pyridine rings is 1. The standard InChI is InChI=1S/C13H12BrN3O4/c14-8-4-7-2-1-3-9(11(7)15-5-8)16-13(21)17-10(6-18)12(19)20/h1-5,10,18H,6H2,(H,19,20)(H2,16,17,21). The summed E-state index contributed by atoms with van der Waals surface area (Å²) in [5, 5.41) is 23.1. The topological polar surface area (TPSA) is 112 Å². The van der Waals surface area contributed by atoms with Gasteiger partial charge in [0, 0.05) is 16.1 Å². The number of aliphatic hydroxyl groups excluding tert-OH is 1. The molecule has 0 spiro atoms. The molecule has 1 atom stereocenters. The highest BCUT2D eigenvalue weighted by Gasteiger charge is 2.19. The van der Waals surface area contributed by atoms with Gasteiger partial charge in [-0.1, -0.05) is 12.1 Å². The average molecular weight is 354 g/mol. The van der Waals surface area contributed by atoms with Crippen LogP contribution >= 0.6 is 15.9 Å². The number of nitrogens with zero attached hydrogens (tertiary/aromatic N) is 1. The minimum absolute atomic E-state index is 0.444. The monoisotopic (exact) mass is 353 g/mol. The van der Waals surface area contributed by atoms with Crippen LogP contribution in [0.1, 0.15) is 0 Å². The Hall–Kier alpha value is -2.19. The van der Waals surface area contributed by atoms with E-state index in [1.807, 2.05) is 12.1 Å². The molecule has 2 rings (SSSR count). The number of aliphatic carboxylic acids is 1. The summed E-state index contributed by atoms with van der Waals surface area (Å²) in [6, 6.07) is 4.99. The van der Waals surface area contributed by atoms with Crippen LogP contribution in [-0.2, 0) is 4.79 Å². The molecule has 4 N–H and O–H groups in total. The summed E-state index contributed by atoms with van der Waals surface area (Å²) in [6.45, 7) is -0.691. The molecular weight excluding hydrogens is 342 g/mol. The van der Waals surface area contributed by atoms with Crippen molar-refractivity contribution in [2.45, 2.75) is 6.04 Å². The number of carbonyl (C=O) groups is 2. The number of aromatic nitrogens is 1. The Morgan fingerprint density at radius 1 is 1.38 bits per heavy atom. The van der Waals surface area contributed by atoms with Crippen molar-refractivity contribution in [1.29, 1.82) is 0 Å². The number of hydrogen-bond donors (Lipinski definition) is 4. The van der Waals surface area contributed by atoms with E-state index in [1.54, 1.807) is 18.3 Å². The number of amides is 2. The second kappa shape index (κ2) is 6.51. The smallest absolute Gasteiger partial charge is 0.328 e. The molecule has 7 nitrogen and oxygen atoms in total. The Morgan fingerprint density at radius 3 is 2.81 bits per heavy atom. The molecule has 0 radical (unpaired) electrons. The lowest BCUT2D eigenvalue weighted by molar-refractivity contribution is -0.140. The molecule has 110 valence electrons. The molecule has 0 saturated carbocycles. The fourth-order valence-electron chi connectivity index (χ4n) is 1.74. The summed E-state index contributed by atoms with van der Waals surface area (Å²) in [4.78, 5) is 26.7. The number of carboxylic acids is 1. The molecule has 1 unspecified atom stereocenters. The zero-order chi connectivity index (χ0) is 15.4. The molecule has 8 heteroatoms. The Morgan fingerprint density at radius 2 is 2.14 bits per heavy atom. The number of para-hydroxylation sites is 1. The average Bonchev–Trinajstić information content (AvgIpc) is 2.44. The Kier molecular flexibility index (Phi) is 4.71. The number of aliphatic hydroxyl groups is 1. The van der Waals surface area contributed by atoms with Gasteiger partial charge in [-0.15, -0.1) is 0 Å². The highest BCUT2D eigenvalue weighted by molar-refractivity contribution is 9.10. The predicted octanol–water partition coefficient (Wildman–Crippen LogP) is 1.56. The maximum absolute atomic E-state index is 11.8. The third-order valence-corrected chi connectivity index (χ3v) is 3.15. The van der Waals surface area contributed by atoms with Gasteiger partial charge >= 0.3 is 12.0 Å². The van der Waals surface area contributed by atoms with E-state index < -0.39 is 24.6 Å². The van der Waals surface area contributed by atoms with E-state index in [4.69, 9.17) is 10.2 Å². The van der Waals surface area contributed by atoms with Crippen LogP contribution in [0.25, 0.3) is 10.9 Å². The van der Waals surface area contributed by atoms with Crippen LogP contribution in [0.5, 0.6) is 0 Å². The molecule has 1 aromatic carbocycles. The van der Waals surface area contributed by atoms with Crippen LogP contribution in [0.2, 0.25) is 0 Å². The van der Waals surface area contributed by atoms with Crippen molar-refractivity contribution in [2.75, 3.05) is 11.9 Å². The SMILES string of the molecule is O=C(Nc1cccc2cc(Br)cnc12)NC(CO)C(=O)O. The maximum Gasteiger partial charge on any atom is 0.328 e. The van der Waals surface area contributed by atoms with Gasteiger partial charge < -0.3 is 20.8 Å². The van der Waals surface area contributed by atoms with Gasteiger partial charge in [0.15, 0.2) is 6.04 Å².